The number of carbonyl (C=O) groups is 1. The second kappa shape index (κ2) is 5.83. The molecule has 2 aromatic carbocycles. The number of benzene rings is 2. The Balaban J connectivity index is 1.62. The van der Waals surface area contributed by atoms with Gasteiger partial charge in [-0.05, 0) is 25.1 Å². The Morgan fingerprint density at radius 1 is 1.13 bits per heavy atom. The average Bonchev–Trinajstić information content (AvgIpc) is 2.98. The zero-order chi connectivity index (χ0) is 15.8. The van der Waals surface area contributed by atoms with Gasteiger partial charge in [0.2, 0.25) is 0 Å². The second-order valence-corrected chi connectivity index (χ2v) is 7.50. The van der Waals surface area contributed by atoms with Gasteiger partial charge in [0.05, 0.1) is 5.69 Å². The average molecular weight is 338 g/mol. The zero-order valence-corrected chi connectivity index (χ0v) is 14.1. The molecule has 1 aromatic heterocycles. The number of carbonyl (C=O) groups excluding carboxylic acids is 1. The van der Waals surface area contributed by atoms with E-state index in [9.17, 15) is 4.79 Å². The van der Waals surface area contributed by atoms with E-state index in [-0.39, 0.29) is 5.91 Å². The minimum atomic E-state index is -0.114. The van der Waals surface area contributed by atoms with Crippen molar-refractivity contribution in [1.82, 2.24) is 4.98 Å². The van der Waals surface area contributed by atoms with Crippen LogP contribution in [0.1, 0.15) is 20.8 Å². The fourth-order valence-corrected chi connectivity index (χ4v) is 4.62. The number of nitrogens with zero attached hydrogens (tertiary/aromatic N) is 1. The molecule has 1 N–H and O–H groups in total. The standard InChI is InChI=1S/C18H14N2OS2/c1-11-6-8-12(9-7-11)17(21)20-18-19-16-13-4-2-3-5-14(13)22-10-15(16)23-18/h2-9H,10H2,1H3,(H,19,20,21). The first kappa shape index (κ1) is 14.5. The minimum absolute atomic E-state index is 0.114. The molecule has 2 heterocycles. The van der Waals surface area contributed by atoms with Crippen LogP contribution in [0.15, 0.2) is 53.4 Å². The number of nitrogens with one attached hydrogen (secondary N) is 1. The fourth-order valence-electron chi connectivity index (χ4n) is 2.52. The van der Waals surface area contributed by atoms with Crippen molar-refractivity contribution < 1.29 is 4.79 Å². The fraction of sp³-hybridized carbons (Fsp3) is 0.111. The van der Waals surface area contributed by atoms with E-state index in [4.69, 9.17) is 0 Å². The van der Waals surface area contributed by atoms with Gasteiger partial charge in [0, 0.05) is 26.7 Å². The Kier molecular flexibility index (Phi) is 3.67. The van der Waals surface area contributed by atoms with Crippen molar-refractivity contribution in [2.24, 2.45) is 0 Å². The van der Waals surface area contributed by atoms with Crippen LogP contribution in [0.25, 0.3) is 11.3 Å². The lowest BCUT2D eigenvalue weighted by molar-refractivity contribution is 0.102. The summed E-state index contributed by atoms with van der Waals surface area (Å²) in [4.78, 5) is 19.4. The molecule has 3 aromatic rings. The molecule has 0 bridgehead atoms. The van der Waals surface area contributed by atoms with Crippen molar-refractivity contribution in [3.63, 3.8) is 0 Å². The van der Waals surface area contributed by atoms with Gasteiger partial charge in [-0.1, -0.05) is 35.9 Å². The molecule has 0 aliphatic carbocycles. The van der Waals surface area contributed by atoms with Gasteiger partial charge in [-0.15, -0.1) is 23.1 Å². The summed E-state index contributed by atoms with van der Waals surface area (Å²) >= 11 is 3.38. The van der Waals surface area contributed by atoms with E-state index in [2.05, 4.69) is 22.4 Å². The van der Waals surface area contributed by atoms with E-state index in [0.717, 1.165) is 22.6 Å². The third-order valence-corrected chi connectivity index (χ3v) is 5.99. The first-order valence-corrected chi connectivity index (χ1v) is 9.11. The first-order valence-electron chi connectivity index (χ1n) is 7.30. The number of thiazole rings is 1. The van der Waals surface area contributed by atoms with Crippen LogP contribution >= 0.6 is 23.1 Å². The van der Waals surface area contributed by atoms with Crippen LogP contribution in [0.2, 0.25) is 0 Å². The Morgan fingerprint density at radius 3 is 2.74 bits per heavy atom. The van der Waals surface area contributed by atoms with E-state index in [0.29, 0.717) is 10.7 Å². The second-order valence-electron chi connectivity index (χ2n) is 5.40. The zero-order valence-electron chi connectivity index (χ0n) is 12.5. The van der Waals surface area contributed by atoms with Gasteiger partial charge in [-0.25, -0.2) is 4.98 Å². The lowest BCUT2D eigenvalue weighted by Crippen LogP contribution is -2.11. The van der Waals surface area contributed by atoms with Crippen molar-refractivity contribution in [2.75, 3.05) is 5.32 Å². The predicted octanol–water partition coefficient (Wildman–Crippen LogP) is 4.98. The van der Waals surface area contributed by atoms with Crippen molar-refractivity contribution in [2.45, 2.75) is 17.6 Å². The van der Waals surface area contributed by atoms with Gasteiger partial charge in [-0.3, -0.25) is 10.1 Å². The molecule has 0 radical (unpaired) electrons. The number of fused-ring (bicyclic) bond motifs is 3. The maximum atomic E-state index is 12.3. The molecular formula is C18H14N2OS2. The summed E-state index contributed by atoms with van der Waals surface area (Å²) in [6.07, 6.45) is 0. The van der Waals surface area contributed by atoms with Gasteiger partial charge in [0.1, 0.15) is 0 Å². The summed E-state index contributed by atoms with van der Waals surface area (Å²) in [5.74, 6) is 0.793. The van der Waals surface area contributed by atoms with E-state index >= 15 is 0 Å². The van der Waals surface area contributed by atoms with Crippen LogP contribution in [0.5, 0.6) is 0 Å². The van der Waals surface area contributed by atoms with Crippen molar-refractivity contribution in [3.05, 3.63) is 64.5 Å². The quantitative estimate of drug-likeness (QED) is 0.717. The molecule has 1 aliphatic heterocycles. The van der Waals surface area contributed by atoms with E-state index in [1.165, 1.54) is 9.77 Å². The van der Waals surface area contributed by atoms with Gasteiger partial charge in [-0.2, -0.15) is 0 Å². The number of thioether (sulfide) groups is 1. The molecule has 0 fully saturated rings. The number of aryl methyl sites for hydroxylation is 1. The lowest BCUT2D eigenvalue weighted by atomic mass is 10.1. The molecule has 114 valence electrons. The van der Waals surface area contributed by atoms with Gasteiger partial charge >= 0.3 is 0 Å². The van der Waals surface area contributed by atoms with Crippen LogP contribution in [0, 0.1) is 6.92 Å². The SMILES string of the molecule is Cc1ccc(C(=O)Nc2nc3c(s2)CSc2ccccc2-3)cc1. The van der Waals surface area contributed by atoms with Crippen molar-refractivity contribution >= 4 is 34.1 Å². The highest BCUT2D eigenvalue weighted by Gasteiger charge is 2.21. The Bertz CT molecular complexity index is 884. The molecule has 5 heteroatoms. The van der Waals surface area contributed by atoms with Crippen LogP contribution in [0.4, 0.5) is 5.13 Å². The summed E-state index contributed by atoms with van der Waals surface area (Å²) in [7, 11) is 0. The Hall–Kier alpha value is -2.11. The predicted molar refractivity (Wildman–Crippen MR) is 96.2 cm³/mol. The normalized spacial score (nSPS) is 12.4. The van der Waals surface area contributed by atoms with Crippen LogP contribution in [-0.2, 0) is 5.75 Å². The van der Waals surface area contributed by atoms with Crippen LogP contribution in [-0.4, -0.2) is 10.9 Å². The maximum absolute atomic E-state index is 12.3. The Labute approximate surface area is 142 Å². The van der Waals surface area contributed by atoms with E-state index in [1.54, 1.807) is 11.3 Å². The molecule has 0 atom stereocenters. The van der Waals surface area contributed by atoms with Gasteiger partial charge in [0.25, 0.3) is 5.91 Å². The van der Waals surface area contributed by atoms with Gasteiger partial charge < -0.3 is 0 Å². The summed E-state index contributed by atoms with van der Waals surface area (Å²) in [6.45, 7) is 2.01. The van der Waals surface area contributed by atoms with Crippen molar-refractivity contribution in [3.8, 4) is 11.3 Å². The summed E-state index contributed by atoms with van der Waals surface area (Å²) < 4.78 is 0. The number of hydrogen-bond donors (Lipinski definition) is 1. The topological polar surface area (TPSA) is 42.0 Å². The van der Waals surface area contributed by atoms with Crippen LogP contribution < -0.4 is 5.32 Å². The van der Waals surface area contributed by atoms with Crippen molar-refractivity contribution in [1.29, 1.82) is 0 Å². The first-order chi connectivity index (χ1) is 11.2. The van der Waals surface area contributed by atoms with Crippen LogP contribution in [0.3, 0.4) is 0 Å². The lowest BCUT2D eigenvalue weighted by Gasteiger charge is -2.13. The number of rotatable bonds is 2. The number of hydrogen-bond acceptors (Lipinski definition) is 4. The summed E-state index contributed by atoms with van der Waals surface area (Å²) in [6, 6.07) is 15.8. The molecular weight excluding hydrogens is 324 g/mol. The molecule has 4 rings (SSSR count). The third-order valence-electron chi connectivity index (χ3n) is 3.73. The molecule has 0 saturated heterocycles. The van der Waals surface area contributed by atoms with E-state index in [1.807, 2.05) is 55.1 Å². The molecule has 3 nitrogen and oxygen atoms in total. The Morgan fingerprint density at radius 2 is 1.91 bits per heavy atom. The smallest absolute Gasteiger partial charge is 0.257 e. The molecule has 1 amide bonds. The largest absolute Gasteiger partial charge is 0.298 e. The minimum Gasteiger partial charge on any atom is -0.298 e. The monoisotopic (exact) mass is 338 g/mol. The number of aromatic nitrogens is 1. The van der Waals surface area contributed by atoms with Gasteiger partial charge in [0.15, 0.2) is 5.13 Å². The highest BCUT2D eigenvalue weighted by atomic mass is 32.2. The summed E-state index contributed by atoms with van der Waals surface area (Å²) in [5, 5.41) is 3.59. The third kappa shape index (κ3) is 2.78. The molecule has 0 unspecified atom stereocenters. The summed E-state index contributed by atoms with van der Waals surface area (Å²) in [5.41, 5.74) is 3.95. The number of amides is 1. The molecule has 0 spiro atoms. The number of anilines is 1. The van der Waals surface area contributed by atoms with E-state index < -0.39 is 0 Å². The highest BCUT2D eigenvalue weighted by molar-refractivity contribution is 7.98. The highest BCUT2D eigenvalue weighted by Crippen LogP contribution is 2.44. The molecule has 1 aliphatic rings. The molecule has 0 saturated carbocycles. The maximum Gasteiger partial charge on any atom is 0.257 e. The molecule has 23 heavy (non-hydrogen) atoms.